The molecule has 4 rings (SSSR count). The van der Waals surface area contributed by atoms with E-state index in [4.69, 9.17) is 20.0 Å². The SMILES string of the molecule is C[N+](C)(CCCCCOc1ccc(-c2ccc(C#N)cc2)cc1)CCCC[N+](C)(C)CCCCCOc1ccc(-c2ccc(C#N)cc2)cc1. The van der Waals surface area contributed by atoms with E-state index in [0.29, 0.717) is 11.1 Å². The van der Waals surface area contributed by atoms with Crippen LogP contribution in [0, 0.1) is 22.7 Å². The Morgan fingerprint density at radius 1 is 0.400 bits per heavy atom. The third-order valence-electron chi connectivity index (χ3n) is 9.53. The number of benzene rings is 4. The molecule has 0 bridgehead atoms. The molecule has 6 nitrogen and oxygen atoms in total. The van der Waals surface area contributed by atoms with Crippen LogP contribution < -0.4 is 9.47 Å². The Hall–Kier alpha value is -4.62. The highest BCUT2D eigenvalue weighted by Gasteiger charge is 2.17. The number of hydrogen-bond acceptors (Lipinski definition) is 4. The number of nitriles is 2. The van der Waals surface area contributed by atoms with Gasteiger partial charge in [0.2, 0.25) is 0 Å². The number of nitrogens with zero attached hydrogens (tertiary/aromatic N) is 4. The summed E-state index contributed by atoms with van der Waals surface area (Å²) in [5.74, 6) is 1.82. The quantitative estimate of drug-likeness (QED) is 0.0653. The molecule has 0 aliphatic heterocycles. The van der Waals surface area contributed by atoms with Gasteiger partial charge in [-0.1, -0.05) is 48.5 Å². The van der Waals surface area contributed by atoms with Gasteiger partial charge in [0.05, 0.1) is 90.8 Å². The molecule has 4 aromatic carbocycles. The largest absolute Gasteiger partial charge is 0.494 e. The molecule has 0 fully saturated rings. The van der Waals surface area contributed by atoms with Gasteiger partial charge in [-0.15, -0.1) is 0 Å². The molecule has 0 saturated carbocycles. The molecule has 0 radical (unpaired) electrons. The molecule has 0 amide bonds. The molecule has 50 heavy (non-hydrogen) atoms. The molecule has 0 heterocycles. The summed E-state index contributed by atoms with van der Waals surface area (Å²) in [5.41, 5.74) is 5.83. The number of quaternary nitrogens is 2. The molecular formula is C44H56N4O2+2. The third-order valence-corrected chi connectivity index (χ3v) is 9.53. The van der Waals surface area contributed by atoms with Crippen LogP contribution in [0.2, 0.25) is 0 Å². The van der Waals surface area contributed by atoms with Crippen molar-refractivity contribution >= 4 is 0 Å². The fraction of sp³-hybridized carbons (Fsp3) is 0.409. The Bertz CT molecular complexity index is 1520. The highest BCUT2D eigenvalue weighted by Crippen LogP contribution is 2.24. The number of hydrogen-bond donors (Lipinski definition) is 0. The zero-order valence-corrected chi connectivity index (χ0v) is 30.7. The lowest BCUT2D eigenvalue weighted by atomic mass is 10.0. The van der Waals surface area contributed by atoms with Crippen LogP contribution in [-0.2, 0) is 0 Å². The van der Waals surface area contributed by atoms with Crippen molar-refractivity contribution in [3.8, 4) is 45.9 Å². The van der Waals surface area contributed by atoms with Crippen molar-refractivity contribution in [2.75, 3.05) is 67.6 Å². The number of ether oxygens (including phenoxy) is 2. The Morgan fingerprint density at radius 3 is 0.980 bits per heavy atom. The van der Waals surface area contributed by atoms with Gasteiger partial charge in [0.15, 0.2) is 0 Å². The molecule has 0 aliphatic rings. The van der Waals surface area contributed by atoms with E-state index >= 15 is 0 Å². The van der Waals surface area contributed by atoms with Crippen molar-refractivity contribution in [3.63, 3.8) is 0 Å². The molecule has 0 aliphatic carbocycles. The average Bonchev–Trinajstić information content (AvgIpc) is 3.13. The van der Waals surface area contributed by atoms with E-state index in [9.17, 15) is 0 Å². The highest BCUT2D eigenvalue weighted by atomic mass is 16.5. The summed E-state index contributed by atoms with van der Waals surface area (Å²) in [7, 11) is 9.49. The van der Waals surface area contributed by atoms with Gasteiger partial charge in [-0.2, -0.15) is 10.5 Å². The van der Waals surface area contributed by atoms with Gasteiger partial charge < -0.3 is 18.4 Å². The molecule has 0 aromatic heterocycles. The average molecular weight is 673 g/mol. The summed E-state index contributed by atoms with van der Waals surface area (Å²) in [5, 5.41) is 18.0. The molecule has 0 saturated heterocycles. The van der Waals surface area contributed by atoms with Crippen LogP contribution in [0.1, 0.15) is 62.5 Å². The Labute approximate surface area is 301 Å². The molecule has 4 aromatic rings. The maximum atomic E-state index is 8.99. The van der Waals surface area contributed by atoms with E-state index in [-0.39, 0.29) is 0 Å². The first-order chi connectivity index (χ1) is 24.2. The second kappa shape index (κ2) is 19.5. The molecular weight excluding hydrogens is 617 g/mol. The summed E-state index contributed by atoms with van der Waals surface area (Å²) < 4.78 is 14.2. The lowest BCUT2D eigenvalue weighted by Crippen LogP contribution is -2.43. The Kier molecular flexibility index (Phi) is 14.9. The first-order valence-electron chi connectivity index (χ1n) is 18.3. The van der Waals surface area contributed by atoms with Crippen LogP contribution >= 0.6 is 0 Å². The monoisotopic (exact) mass is 672 g/mol. The molecule has 0 unspecified atom stereocenters. The van der Waals surface area contributed by atoms with Crippen molar-refractivity contribution in [2.45, 2.75) is 51.4 Å². The first-order valence-corrected chi connectivity index (χ1v) is 18.3. The number of unbranched alkanes of at least 4 members (excludes halogenated alkanes) is 5. The topological polar surface area (TPSA) is 66.0 Å². The minimum Gasteiger partial charge on any atom is -0.494 e. The van der Waals surface area contributed by atoms with E-state index in [2.05, 4.69) is 64.6 Å². The van der Waals surface area contributed by atoms with E-state index in [0.717, 1.165) is 68.8 Å². The highest BCUT2D eigenvalue weighted by molar-refractivity contribution is 5.65. The van der Waals surface area contributed by atoms with E-state index in [1.165, 1.54) is 64.7 Å². The van der Waals surface area contributed by atoms with Gasteiger partial charge >= 0.3 is 0 Å². The zero-order valence-electron chi connectivity index (χ0n) is 30.7. The standard InChI is InChI=1S/C44H56N4O2/c1-47(2,29-7-5-11-33-49-43-25-21-41(22-26-43)39-17-13-37(35-45)14-18-39)31-9-10-32-48(3,4)30-8-6-12-34-50-44-27-23-42(24-28-44)40-19-15-38(36-46)16-20-40/h13-28H,5-12,29-34H2,1-4H3/q+2. The normalized spacial score (nSPS) is 11.5. The van der Waals surface area contributed by atoms with Crippen LogP contribution in [0.4, 0.5) is 0 Å². The van der Waals surface area contributed by atoms with Gasteiger partial charge in [0, 0.05) is 12.8 Å². The van der Waals surface area contributed by atoms with Crippen LogP contribution in [0.3, 0.4) is 0 Å². The van der Waals surface area contributed by atoms with Crippen LogP contribution in [0.5, 0.6) is 11.5 Å². The maximum Gasteiger partial charge on any atom is 0.119 e. The third kappa shape index (κ3) is 13.4. The summed E-state index contributed by atoms with van der Waals surface area (Å²) in [4.78, 5) is 0. The van der Waals surface area contributed by atoms with Crippen molar-refractivity contribution in [1.82, 2.24) is 0 Å². The van der Waals surface area contributed by atoms with Crippen molar-refractivity contribution in [2.24, 2.45) is 0 Å². The van der Waals surface area contributed by atoms with Crippen molar-refractivity contribution in [1.29, 1.82) is 10.5 Å². The van der Waals surface area contributed by atoms with E-state index in [1.54, 1.807) is 0 Å². The van der Waals surface area contributed by atoms with Crippen molar-refractivity contribution < 1.29 is 18.4 Å². The summed E-state index contributed by atoms with van der Waals surface area (Å²) in [6.07, 6.45) is 9.51. The predicted molar refractivity (Wildman–Crippen MR) is 205 cm³/mol. The van der Waals surface area contributed by atoms with Gasteiger partial charge in [0.25, 0.3) is 0 Å². The smallest absolute Gasteiger partial charge is 0.119 e. The first kappa shape index (κ1) is 38.2. The predicted octanol–water partition coefficient (Wildman–Crippen LogP) is 9.50. The second-order valence-corrected chi connectivity index (χ2v) is 14.7. The lowest BCUT2D eigenvalue weighted by Gasteiger charge is -2.32. The minimum absolute atomic E-state index is 0.679. The van der Waals surface area contributed by atoms with Crippen LogP contribution in [-0.4, -0.2) is 76.5 Å². The van der Waals surface area contributed by atoms with Gasteiger partial charge in [-0.25, -0.2) is 0 Å². The number of rotatable bonds is 21. The molecule has 0 N–H and O–H groups in total. The Morgan fingerprint density at radius 2 is 0.680 bits per heavy atom. The molecule has 0 spiro atoms. The zero-order chi connectivity index (χ0) is 35.7. The van der Waals surface area contributed by atoms with E-state index in [1.807, 2.05) is 72.8 Å². The fourth-order valence-electron chi connectivity index (χ4n) is 6.28. The molecule has 6 heteroatoms. The van der Waals surface area contributed by atoms with Gasteiger partial charge in [-0.05, 0) is 109 Å². The van der Waals surface area contributed by atoms with Crippen molar-refractivity contribution in [3.05, 3.63) is 108 Å². The van der Waals surface area contributed by atoms with Crippen LogP contribution in [0.15, 0.2) is 97.1 Å². The fourth-order valence-corrected chi connectivity index (χ4v) is 6.28. The second-order valence-electron chi connectivity index (χ2n) is 14.7. The molecule has 0 atom stereocenters. The summed E-state index contributed by atoms with van der Waals surface area (Å²) in [6.45, 7) is 6.38. The lowest BCUT2D eigenvalue weighted by molar-refractivity contribution is -0.897. The Balaban J connectivity index is 0.993. The van der Waals surface area contributed by atoms with E-state index < -0.39 is 0 Å². The van der Waals surface area contributed by atoms with Gasteiger partial charge in [-0.3, -0.25) is 0 Å². The minimum atomic E-state index is 0.679. The van der Waals surface area contributed by atoms with Gasteiger partial charge in [0.1, 0.15) is 11.5 Å². The molecule has 262 valence electrons. The summed E-state index contributed by atoms with van der Waals surface area (Å²) in [6, 6.07) is 36.1. The summed E-state index contributed by atoms with van der Waals surface area (Å²) >= 11 is 0. The van der Waals surface area contributed by atoms with Crippen LogP contribution in [0.25, 0.3) is 22.3 Å². The maximum absolute atomic E-state index is 8.99.